The molecule has 30 heavy (non-hydrogen) atoms. The molecule has 2 aromatic rings. The van der Waals surface area contributed by atoms with Crippen LogP contribution in [0.1, 0.15) is 17.2 Å². The van der Waals surface area contributed by atoms with Crippen molar-refractivity contribution in [3.05, 3.63) is 53.6 Å². The van der Waals surface area contributed by atoms with Gasteiger partial charge in [0.05, 0.1) is 14.2 Å². The predicted molar refractivity (Wildman–Crippen MR) is 115 cm³/mol. The van der Waals surface area contributed by atoms with E-state index in [1.165, 1.54) is 0 Å². The van der Waals surface area contributed by atoms with Gasteiger partial charge in [-0.25, -0.2) is 0 Å². The topological polar surface area (TPSA) is 66.0 Å². The predicted octanol–water partition coefficient (Wildman–Crippen LogP) is 2.77. The molecule has 1 unspecified atom stereocenters. The van der Waals surface area contributed by atoms with Crippen LogP contribution in [0.5, 0.6) is 17.2 Å². The molecule has 0 saturated carbocycles. The van der Waals surface area contributed by atoms with Gasteiger partial charge >= 0.3 is 0 Å². The quantitative estimate of drug-likeness (QED) is 0.581. The highest BCUT2D eigenvalue weighted by Gasteiger charge is 2.21. The van der Waals surface area contributed by atoms with E-state index in [0.717, 1.165) is 5.56 Å². The van der Waals surface area contributed by atoms with Crippen molar-refractivity contribution in [3.8, 4) is 41.9 Å². The van der Waals surface area contributed by atoms with Gasteiger partial charge in [-0.3, -0.25) is 4.79 Å². The highest BCUT2D eigenvalue weighted by Crippen LogP contribution is 2.28. The van der Waals surface area contributed by atoms with Crippen molar-refractivity contribution >= 4 is 5.91 Å². The molecule has 6 nitrogen and oxygen atoms in total. The number of methoxy groups -OCH3 is 2. The van der Waals surface area contributed by atoms with E-state index in [-0.39, 0.29) is 19.1 Å². The Balaban J connectivity index is 1.99. The minimum Gasteiger partial charge on any atom is -0.497 e. The molecular formula is C24H25NO5. The van der Waals surface area contributed by atoms with Crippen LogP contribution in [0.4, 0.5) is 0 Å². The van der Waals surface area contributed by atoms with E-state index >= 15 is 0 Å². The maximum atomic E-state index is 12.7. The third-order valence-corrected chi connectivity index (χ3v) is 4.24. The average molecular weight is 407 g/mol. The first kappa shape index (κ1) is 22.7. The smallest absolute Gasteiger partial charge is 0.253 e. The molecule has 0 aliphatic rings. The van der Waals surface area contributed by atoms with E-state index < -0.39 is 6.10 Å². The van der Waals surface area contributed by atoms with Crippen LogP contribution in [0, 0.1) is 24.7 Å². The number of benzene rings is 2. The summed E-state index contributed by atoms with van der Waals surface area (Å²) in [5.41, 5.74) is 1.67. The number of hydrogen-bond donors (Lipinski definition) is 1. The molecule has 1 N–H and O–H groups in total. The number of ether oxygens (including phenoxy) is 4. The van der Waals surface area contributed by atoms with Gasteiger partial charge in [-0.15, -0.1) is 12.8 Å². The fraction of sp³-hybridized carbons (Fsp3) is 0.292. The van der Waals surface area contributed by atoms with Crippen LogP contribution in [-0.4, -0.2) is 39.9 Å². The molecule has 6 heteroatoms. The molecule has 0 fully saturated rings. The van der Waals surface area contributed by atoms with Gasteiger partial charge in [0.1, 0.15) is 19.0 Å². The van der Waals surface area contributed by atoms with Gasteiger partial charge in [0.15, 0.2) is 17.6 Å². The van der Waals surface area contributed by atoms with E-state index in [4.69, 9.17) is 31.8 Å². The fourth-order valence-corrected chi connectivity index (χ4v) is 2.76. The molecule has 0 radical (unpaired) electrons. The van der Waals surface area contributed by atoms with Crippen LogP contribution in [0.25, 0.3) is 0 Å². The Morgan fingerprint density at radius 2 is 1.73 bits per heavy atom. The van der Waals surface area contributed by atoms with Gasteiger partial charge < -0.3 is 24.3 Å². The lowest BCUT2D eigenvalue weighted by Crippen LogP contribution is -2.32. The second-order valence-corrected chi connectivity index (χ2v) is 6.19. The maximum absolute atomic E-state index is 12.7. The van der Waals surface area contributed by atoms with Gasteiger partial charge in [0.25, 0.3) is 5.91 Å². The second kappa shape index (κ2) is 12.1. The Labute approximate surface area is 177 Å². The van der Waals surface area contributed by atoms with Crippen LogP contribution in [0.3, 0.4) is 0 Å². The number of rotatable bonds is 11. The summed E-state index contributed by atoms with van der Waals surface area (Å²) in [7, 11) is 3.14. The van der Waals surface area contributed by atoms with Crippen molar-refractivity contribution in [2.24, 2.45) is 0 Å². The highest BCUT2D eigenvalue weighted by molar-refractivity contribution is 5.82. The molecule has 1 atom stereocenters. The van der Waals surface area contributed by atoms with Gasteiger partial charge in [0.2, 0.25) is 0 Å². The highest BCUT2D eigenvalue weighted by atomic mass is 16.5. The molecule has 156 valence electrons. The van der Waals surface area contributed by atoms with Crippen LogP contribution >= 0.6 is 0 Å². The zero-order chi connectivity index (χ0) is 21.8. The molecule has 2 aromatic carbocycles. The van der Waals surface area contributed by atoms with Crippen molar-refractivity contribution in [1.82, 2.24) is 5.32 Å². The Kier molecular flexibility index (Phi) is 9.12. The van der Waals surface area contributed by atoms with Crippen LogP contribution in [0.15, 0.2) is 42.5 Å². The van der Waals surface area contributed by atoms with Crippen molar-refractivity contribution in [1.29, 1.82) is 0 Å². The van der Waals surface area contributed by atoms with E-state index in [1.54, 1.807) is 44.6 Å². The van der Waals surface area contributed by atoms with Crippen LogP contribution in [0.2, 0.25) is 0 Å². The molecule has 1 amide bonds. The largest absolute Gasteiger partial charge is 0.497 e. The summed E-state index contributed by atoms with van der Waals surface area (Å²) >= 11 is 0. The number of amides is 1. The number of carbonyl (C=O) groups is 1. The molecule has 0 aliphatic heterocycles. The third-order valence-electron chi connectivity index (χ3n) is 4.24. The van der Waals surface area contributed by atoms with Crippen LogP contribution < -0.4 is 19.5 Å². The summed E-state index contributed by atoms with van der Waals surface area (Å²) in [6.07, 6.45) is 10.3. The summed E-state index contributed by atoms with van der Waals surface area (Å²) in [6.45, 7) is 0.606. The zero-order valence-corrected chi connectivity index (χ0v) is 17.1. The fourth-order valence-electron chi connectivity index (χ4n) is 2.76. The molecule has 0 aromatic heterocycles. The summed E-state index contributed by atoms with van der Waals surface area (Å²) < 4.78 is 21.5. The summed E-state index contributed by atoms with van der Waals surface area (Å²) in [5.74, 6) is 6.40. The first-order chi connectivity index (χ1) is 14.6. The molecular weight excluding hydrogens is 382 g/mol. The Morgan fingerprint density at radius 3 is 2.37 bits per heavy atom. The molecule has 0 bridgehead atoms. The zero-order valence-electron chi connectivity index (χ0n) is 17.1. The monoisotopic (exact) mass is 407 g/mol. The number of carbonyl (C=O) groups excluding carboxylic acids is 1. The van der Waals surface area contributed by atoms with Crippen molar-refractivity contribution in [2.45, 2.75) is 12.5 Å². The number of nitrogens with one attached hydrogen (secondary N) is 1. The lowest BCUT2D eigenvalue weighted by Gasteiger charge is -2.17. The van der Waals surface area contributed by atoms with E-state index in [9.17, 15) is 4.79 Å². The Hall–Kier alpha value is -3.61. The molecule has 0 aliphatic carbocycles. The molecule has 0 saturated heterocycles. The summed E-state index contributed by atoms with van der Waals surface area (Å²) in [6, 6.07) is 12.6. The number of terminal acetylenes is 2. The lowest BCUT2D eigenvalue weighted by molar-refractivity contribution is -0.132. The molecule has 2 rings (SSSR count). The van der Waals surface area contributed by atoms with E-state index in [2.05, 4.69) is 17.2 Å². The summed E-state index contributed by atoms with van der Waals surface area (Å²) in [5, 5.41) is 2.89. The van der Waals surface area contributed by atoms with Gasteiger partial charge in [-0.2, -0.15) is 0 Å². The van der Waals surface area contributed by atoms with Crippen molar-refractivity contribution in [3.63, 3.8) is 0 Å². The van der Waals surface area contributed by atoms with Crippen molar-refractivity contribution < 1.29 is 23.7 Å². The molecule has 0 heterocycles. The SMILES string of the molecule is C#CCOc1ccc(CCNC(=O)C(OCC#C)c2ccc(OC)cc2)cc1OC. The normalized spacial score (nSPS) is 10.9. The van der Waals surface area contributed by atoms with Gasteiger partial charge in [-0.05, 0) is 41.8 Å². The van der Waals surface area contributed by atoms with Crippen molar-refractivity contribution in [2.75, 3.05) is 34.0 Å². The third kappa shape index (κ3) is 6.48. The first-order valence-corrected chi connectivity index (χ1v) is 9.32. The number of hydrogen-bond acceptors (Lipinski definition) is 5. The first-order valence-electron chi connectivity index (χ1n) is 9.32. The average Bonchev–Trinajstić information content (AvgIpc) is 2.78. The second-order valence-electron chi connectivity index (χ2n) is 6.19. The standard InChI is InChI=1S/C24H25NO5/c1-5-15-29-21-12-7-18(17-22(21)28-4)13-14-25-24(26)23(30-16-6-2)19-8-10-20(27-3)11-9-19/h1-2,7-12,17,23H,13-16H2,3-4H3,(H,25,26). The maximum Gasteiger partial charge on any atom is 0.253 e. The summed E-state index contributed by atoms with van der Waals surface area (Å²) in [4.78, 5) is 12.7. The van der Waals surface area contributed by atoms with E-state index in [0.29, 0.717) is 35.8 Å². The minimum absolute atomic E-state index is 0.0282. The van der Waals surface area contributed by atoms with Gasteiger partial charge in [-0.1, -0.05) is 30.0 Å². The van der Waals surface area contributed by atoms with E-state index in [1.807, 2.05) is 12.1 Å². The molecule has 0 spiro atoms. The Morgan fingerprint density at radius 1 is 1.00 bits per heavy atom. The van der Waals surface area contributed by atoms with Crippen LogP contribution in [-0.2, 0) is 16.0 Å². The minimum atomic E-state index is -0.805. The lowest BCUT2D eigenvalue weighted by atomic mass is 10.1. The Bertz CT molecular complexity index is 909. The van der Waals surface area contributed by atoms with Gasteiger partial charge in [0, 0.05) is 6.54 Å².